The summed E-state index contributed by atoms with van der Waals surface area (Å²) < 4.78 is 0. The zero-order valence-electron chi connectivity index (χ0n) is 7.37. The standard InChI is InChI=1S/C10H8ClN3/c11-9-1-2-10(14)8(4-9)3-7(5-12)6-13/h1-2,4,7H,3,14H2. The van der Waals surface area contributed by atoms with Crippen LogP contribution in [0.3, 0.4) is 0 Å². The predicted octanol–water partition coefficient (Wildman–Crippen LogP) is 2.13. The van der Waals surface area contributed by atoms with E-state index in [0.717, 1.165) is 5.56 Å². The number of hydrogen-bond donors (Lipinski definition) is 1. The minimum atomic E-state index is -0.671. The van der Waals surface area contributed by atoms with Crippen molar-refractivity contribution < 1.29 is 0 Å². The van der Waals surface area contributed by atoms with Crippen molar-refractivity contribution in [3.63, 3.8) is 0 Å². The number of rotatable bonds is 2. The first-order valence-corrected chi connectivity index (χ1v) is 4.38. The van der Waals surface area contributed by atoms with Gasteiger partial charge in [-0.15, -0.1) is 0 Å². The van der Waals surface area contributed by atoms with Gasteiger partial charge in [-0.25, -0.2) is 0 Å². The molecule has 70 valence electrons. The Hall–Kier alpha value is -1.71. The first-order valence-electron chi connectivity index (χ1n) is 4.00. The largest absolute Gasteiger partial charge is 0.399 e. The quantitative estimate of drug-likeness (QED) is 0.752. The SMILES string of the molecule is N#CC(C#N)Cc1cc(Cl)ccc1N. The number of nitrogen functional groups attached to an aromatic ring is 1. The Labute approximate surface area is 87.3 Å². The van der Waals surface area contributed by atoms with Crippen LogP contribution >= 0.6 is 11.6 Å². The Kier molecular flexibility index (Phi) is 3.34. The fourth-order valence-corrected chi connectivity index (χ4v) is 1.29. The molecule has 0 unspecified atom stereocenters. The molecule has 2 N–H and O–H groups in total. The molecule has 0 heterocycles. The van der Waals surface area contributed by atoms with E-state index in [2.05, 4.69) is 0 Å². The minimum absolute atomic E-state index is 0.319. The lowest BCUT2D eigenvalue weighted by Crippen LogP contribution is -2.02. The fourth-order valence-electron chi connectivity index (χ4n) is 1.09. The average Bonchev–Trinajstić information content (AvgIpc) is 2.19. The molecule has 0 bridgehead atoms. The topological polar surface area (TPSA) is 73.6 Å². The van der Waals surface area contributed by atoms with Crippen LogP contribution in [0.1, 0.15) is 5.56 Å². The second-order valence-corrected chi connectivity index (χ2v) is 3.29. The predicted molar refractivity (Wildman–Crippen MR) is 54.3 cm³/mol. The van der Waals surface area contributed by atoms with E-state index in [-0.39, 0.29) is 0 Å². The van der Waals surface area contributed by atoms with Crippen LogP contribution in [-0.2, 0) is 6.42 Å². The molecule has 0 saturated heterocycles. The summed E-state index contributed by atoms with van der Waals surface area (Å²) >= 11 is 5.77. The molecule has 14 heavy (non-hydrogen) atoms. The van der Waals surface area contributed by atoms with E-state index in [4.69, 9.17) is 27.9 Å². The molecule has 1 aromatic carbocycles. The zero-order valence-corrected chi connectivity index (χ0v) is 8.12. The molecule has 3 nitrogen and oxygen atoms in total. The van der Waals surface area contributed by atoms with Gasteiger partial charge in [0.2, 0.25) is 0 Å². The Balaban J connectivity index is 2.93. The number of nitriles is 2. The highest BCUT2D eigenvalue weighted by Gasteiger charge is 2.09. The van der Waals surface area contributed by atoms with Crippen LogP contribution in [0.2, 0.25) is 5.02 Å². The van der Waals surface area contributed by atoms with Crippen LogP contribution in [0, 0.1) is 28.6 Å². The van der Waals surface area contributed by atoms with Gasteiger partial charge in [0, 0.05) is 17.1 Å². The van der Waals surface area contributed by atoms with Crippen molar-refractivity contribution in [1.29, 1.82) is 10.5 Å². The molecular formula is C10H8ClN3. The van der Waals surface area contributed by atoms with Gasteiger partial charge in [-0.2, -0.15) is 10.5 Å². The summed E-state index contributed by atoms with van der Waals surface area (Å²) in [7, 11) is 0. The summed E-state index contributed by atoms with van der Waals surface area (Å²) in [6, 6.07) is 8.80. The lowest BCUT2D eigenvalue weighted by molar-refractivity contribution is 0.836. The molecule has 0 fully saturated rings. The number of hydrogen-bond acceptors (Lipinski definition) is 3. The van der Waals surface area contributed by atoms with Gasteiger partial charge in [-0.05, 0) is 23.8 Å². The number of anilines is 1. The fraction of sp³-hybridized carbons (Fsp3) is 0.200. The summed E-state index contributed by atoms with van der Waals surface area (Å²) in [6.45, 7) is 0. The van der Waals surface area contributed by atoms with E-state index in [1.807, 2.05) is 12.1 Å². The van der Waals surface area contributed by atoms with E-state index in [9.17, 15) is 0 Å². The van der Waals surface area contributed by atoms with Gasteiger partial charge in [0.25, 0.3) is 0 Å². The van der Waals surface area contributed by atoms with Crippen molar-refractivity contribution in [3.05, 3.63) is 28.8 Å². The lowest BCUT2D eigenvalue weighted by Gasteiger charge is -2.05. The maximum absolute atomic E-state index is 8.60. The molecule has 0 saturated carbocycles. The molecule has 0 aliphatic heterocycles. The Morgan fingerprint density at radius 2 is 2.00 bits per heavy atom. The van der Waals surface area contributed by atoms with Gasteiger partial charge in [-0.3, -0.25) is 0 Å². The van der Waals surface area contributed by atoms with Gasteiger partial charge in [-0.1, -0.05) is 11.6 Å². The third-order valence-corrected chi connectivity index (χ3v) is 2.08. The highest BCUT2D eigenvalue weighted by atomic mass is 35.5. The lowest BCUT2D eigenvalue weighted by atomic mass is 10.0. The zero-order chi connectivity index (χ0) is 10.6. The van der Waals surface area contributed by atoms with E-state index in [0.29, 0.717) is 17.1 Å². The van der Waals surface area contributed by atoms with E-state index in [1.54, 1.807) is 18.2 Å². The van der Waals surface area contributed by atoms with Crippen LogP contribution < -0.4 is 5.73 Å². The van der Waals surface area contributed by atoms with E-state index < -0.39 is 5.92 Å². The molecule has 0 aromatic heterocycles. The second kappa shape index (κ2) is 4.50. The third kappa shape index (κ3) is 2.39. The summed E-state index contributed by atoms with van der Waals surface area (Å²) in [5.41, 5.74) is 6.97. The van der Waals surface area contributed by atoms with Crippen molar-refractivity contribution in [3.8, 4) is 12.1 Å². The average molecular weight is 206 g/mol. The van der Waals surface area contributed by atoms with Crippen LogP contribution in [0.5, 0.6) is 0 Å². The van der Waals surface area contributed by atoms with Crippen molar-refractivity contribution in [2.75, 3.05) is 5.73 Å². The number of nitrogens with two attached hydrogens (primary N) is 1. The smallest absolute Gasteiger partial charge is 0.137 e. The molecule has 0 amide bonds. The molecule has 4 heteroatoms. The van der Waals surface area contributed by atoms with E-state index >= 15 is 0 Å². The maximum atomic E-state index is 8.60. The Morgan fingerprint density at radius 1 is 1.36 bits per heavy atom. The summed E-state index contributed by atoms with van der Waals surface area (Å²) in [4.78, 5) is 0. The van der Waals surface area contributed by atoms with Gasteiger partial charge in [0.15, 0.2) is 0 Å². The molecule has 0 aliphatic carbocycles. The Bertz CT molecular complexity index is 400. The van der Waals surface area contributed by atoms with Gasteiger partial charge in [0.1, 0.15) is 5.92 Å². The van der Waals surface area contributed by atoms with E-state index in [1.165, 1.54) is 0 Å². The van der Waals surface area contributed by atoms with Crippen LogP contribution in [0.25, 0.3) is 0 Å². The normalized spacial score (nSPS) is 9.43. The molecular weight excluding hydrogens is 198 g/mol. The van der Waals surface area contributed by atoms with Crippen molar-refractivity contribution >= 4 is 17.3 Å². The number of nitrogens with zero attached hydrogens (tertiary/aromatic N) is 2. The molecule has 0 spiro atoms. The van der Waals surface area contributed by atoms with Crippen LogP contribution in [-0.4, -0.2) is 0 Å². The monoisotopic (exact) mass is 205 g/mol. The molecule has 0 aliphatic rings. The minimum Gasteiger partial charge on any atom is -0.399 e. The van der Waals surface area contributed by atoms with Gasteiger partial charge < -0.3 is 5.73 Å². The number of halogens is 1. The van der Waals surface area contributed by atoms with Crippen molar-refractivity contribution in [1.82, 2.24) is 0 Å². The second-order valence-electron chi connectivity index (χ2n) is 2.86. The first-order chi connectivity index (χ1) is 6.67. The van der Waals surface area contributed by atoms with Crippen molar-refractivity contribution in [2.24, 2.45) is 5.92 Å². The molecule has 1 rings (SSSR count). The molecule has 0 atom stereocenters. The highest BCUT2D eigenvalue weighted by molar-refractivity contribution is 6.30. The first kappa shape index (κ1) is 10.4. The Morgan fingerprint density at radius 3 is 2.57 bits per heavy atom. The molecule has 0 radical (unpaired) electrons. The van der Waals surface area contributed by atoms with Crippen LogP contribution in [0.4, 0.5) is 5.69 Å². The number of benzene rings is 1. The van der Waals surface area contributed by atoms with Crippen molar-refractivity contribution in [2.45, 2.75) is 6.42 Å². The van der Waals surface area contributed by atoms with Gasteiger partial charge in [0.05, 0.1) is 12.1 Å². The summed E-state index contributed by atoms with van der Waals surface area (Å²) in [5.74, 6) is -0.671. The maximum Gasteiger partial charge on any atom is 0.137 e. The van der Waals surface area contributed by atoms with Gasteiger partial charge >= 0.3 is 0 Å². The summed E-state index contributed by atoms with van der Waals surface area (Å²) in [6.07, 6.45) is 0.319. The molecule has 1 aromatic rings. The summed E-state index contributed by atoms with van der Waals surface area (Å²) in [5, 5.41) is 17.8. The third-order valence-electron chi connectivity index (χ3n) is 1.84. The van der Waals surface area contributed by atoms with Crippen LogP contribution in [0.15, 0.2) is 18.2 Å². The highest BCUT2D eigenvalue weighted by Crippen LogP contribution is 2.20.